The van der Waals surface area contributed by atoms with Crippen LogP contribution in [0.15, 0.2) is 4.42 Å². The summed E-state index contributed by atoms with van der Waals surface area (Å²) in [6, 6.07) is 0. The zero-order valence-corrected chi connectivity index (χ0v) is 12.8. The highest BCUT2D eigenvalue weighted by Gasteiger charge is 2.11. The molecule has 2 heterocycles. The monoisotopic (exact) mass is 291 g/mol. The van der Waals surface area contributed by atoms with Gasteiger partial charge in [0.25, 0.3) is 0 Å². The van der Waals surface area contributed by atoms with Gasteiger partial charge in [0.05, 0.1) is 12.2 Å². The summed E-state index contributed by atoms with van der Waals surface area (Å²) in [6.45, 7) is 9.86. The number of rotatable bonds is 6. The molecule has 0 aromatic carbocycles. The second kappa shape index (κ2) is 6.38. The van der Waals surface area contributed by atoms with E-state index in [9.17, 15) is 0 Å². The van der Waals surface area contributed by atoms with Crippen LogP contribution in [0.1, 0.15) is 31.2 Å². The third kappa shape index (κ3) is 3.59. The molecule has 114 valence electrons. The van der Waals surface area contributed by atoms with Crippen molar-refractivity contribution in [3.63, 3.8) is 0 Å². The van der Waals surface area contributed by atoms with Gasteiger partial charge in [-0.25, -0.2) is 4.98 Å². The Balaban J connectivity index is 2.12. The molecule has 0 atom stereocenters. The lowest BCUT2D eigenvalue weighted by Gasteiger charge is -2.18. The van der Waals surface area contributed by atoms with E-state index in [1.54, 1.807) is 0 Å². The Morgan fingerprint density at radius 2 is 1.81 bits per heavy atom. The molecule has 0 aliphatic heterocycles. The highest BCUT2D eigenvalue weighted by atomic mass is 16.4. The van der Waals surface area contributed by atoms with Crippen LogP contribution >= 0.6 is 0 Å². The van der Waals surface area contributed by atoms with Crippen molar-refractivity contribution in [2.24, 2.45) is 0 Å². The van der Waals surface area contributed by atoms with Gasteiger partial charge in [0, 0.05) is 13.1 Å². The molecule has 8 nitrogen and oxygen atoms in total. The first kappa shape index (κ1) is 15.0. The largest absolute Gasteiger partial charge is 0.444 e. The molecule has 0 saturated carbocycles. The van der Waals surface area contributed by atoms with Crippen molar-refractivity contribution >= 4 is 17.8 Å². The fraction of sp³-hybridized carbons (Fsp3) is 0.538. The Morgan fingerprint density at radius 1 is 1.10 bits per heavy atom. The molecule has 3 N–H and O–H groups in total. The summed E-state index contributed by atoms with van der Waals surface area (Å²) < 4.78 is 5.50. The summed E-state index contributed by atoms with van der Waals surface area (Å²) in [5.41, 5.74) is 6.62. The van der Waals surface area contributed by atoms with Gasteiger partial charge in [-0.15, -0.1) is 0 Å². The maximum atomic E-state index is 5.74. The minimum absolute atomic E-state index is 0.189. The summed E-state index contributed by atoms with van der Waals surface area (Å²) in [5, 5.41) is 3.06. The van der Waals surface area contributed by atoms with Gasteiger partial charge < -0.3 is 20.4 Å². The Bertz CT molecular complexity index is 587. The Labute approximate surface area is 123 Å². The molecule has 2 aromatic heterocycles. The van der Waals surface area contributed by atoms with Gasteiger partial charge in [-0.3, -0.25) is 0 Å². The van der Waals surface area contributed by atoms with Crippen LogP contribution in [0, 0.1) is 13.8 Å². The summed E-state index contributed by atoms with van der Waals surface area (Å²) in [5.74, 6) is 2.57. The molecule has 8 heteroatoms. The third-order valence-electron chi connectivity index (χ3n) is 3.16. The van der Waals surface area contributed by atoms with Crippen molar-refractivity contribution in [3.05, 3.63) is 17.3 Å². The molecule has 0 amide bonds. The van der Waals surface area contributed by atoms with Crippen molar-refractivity contribution in [1.82, 2.24) is 19.9 Å². The van der Waals surface area contributed by atoms with Gasteiger partial charge in [-0.1, -0.05) is 0 Å². The van der Waals surface area contributed by atoms with E-state index in [1.807, 2.05) is 32.6 Å². The maximum absolute atomic E-state index is 5.74. The fourth-order valence-corrected chi connectivity index (χ4v) is 1.88. The molecular weight excluding hydrogens is 270 g/mol. The molecule has 21 heavy (non-hydrogen) atoms. The predicted molar refractivity (Wildman–Crippen MR) is 81.1 cm³/mol. The van der Waals surface area contributed by atoms with Crippen LogP contribution in [0.2, 0.25) is 0 Å². The van der Waals surface area contributed by atoms with Crippen LogP contribution in [0.4, 0.5) is 17.8 Å². The standard InChI is InChI=1S/C13H21N7O/c1-5-20(6-2)13-18-11(14)17-12(19-13)15-7-10-16-8(3)9(4)21-10/h5-7H2,1-4H3,(H3,14,15,17,18,19). The molecule has 0 spiro atoms. The van der Waals surface area contributed by atoms with Gasteiger partial charge >= 0.3 is 0 Å². The number of nitrogens with two attached hydrogens (primary N) is 1. The minimum Gasteiger partial charge on any atom is -0.444 e. The molecule has 0 radical (unpaired) electrons. The maximum Gasteiger partial charge on any atom is 0.231 e. The van der Waals surface area contributed by atoms with E-state index in [0.717, 1.165) is 24.5 Å². The number of hydrogen-bond acceptors (Lipinski definition) is 8. The topological polar surface area (TPSA) is 106 Å². The van der Waals surface area contributed by atoms with Gasteiger partial charge in [0.2, 0.25) is 23.7 Å². The first-order valence-electron chi connectivity index (χ1n) is 6.96. The lowest BCUT2D eigenvalue weighted by molar-refractivity contribution is 0.478. The SMILES string of the molecule is CCN(CC)c1nc(N)nc(NCc2nc(C)c(C)o2)n1. The van der Waals surface area contributed by atoms with E-state index in [-0.39, 0.29) is 5.95 Å². The van der Waals surface area contributed by atoms with Gasteiger partial charge in [0.15, 0.2) is 0 Å². The number of anilines is 3. The Morgan fingerprint density at radius 3 is 2.38 bits per heavy atom. The number of oxazole rings is 1. The first-order chi connectivity index (χ1) is 10.0. The van der Waals surface area contributed by atoms with Crippen molar-refractivity contribution in [2.75, 3.05) is 29.0 Å². The van der Waals surface area contributed by atoms with Crippen molar-refractivity contribution < 1.29 is 4.42 Å². The molecule has 2 rings (SSSR count). The Hall–Kier alpha value is -2.38. The van der Waals surface area contributed by atoms with E-state index in [1.165, 1.54) is 0 Å². The number of hydrogen-bond donors (Lipinski definition) is 2. The zero-order chi connectivity index (χ0) is 15.4. The quantitative estimate of drug-likeness (QED) is 0.825. The molecule has 0 fully saturated rings. The van der Waals surface area contributed by atoms with E-state index in [0.29, 0.717) is 24.3 Å². The molecule has 0 unspecified atom stereocenters. The van der Waals surface area contributed by atoms with E-state index < -0.39 is 0 Å². The van der Waals surface area contributed by atoms with Gasteiger partial charge in [-0.05, 0) is 27.7 Å². The lowest BCUT2D eigenvalue weighted by atomic mass is 10.4. The van der Waals surface area contributed by atoms with Gasteiger partial charge in [-0.2, -0.15) is 15.0 Å². The average molecular weight is 291 g/mol. The number of nitrogens with zero attached hydrogens (tertiary/aromatic N) is 5. The zero-order valence-electron chi connectivity index (χ0n) is 12.8. The van der Waals surface area contributed by atoms with Crippen LogP contribution in [0.25, 0.3) is 0 Å². The average Bonchev–Trinajstić information content (AvgIpc) is 2.76. The lowest BCUT2D eigenvalue weighted by Crippen LogP contribution is -2.25. The van der Waals surface area contributed by atoms with Crippen molar-refractivity contribution in [1.29, 1.82) is 0 Å². The fourth-order valence-electron chi connectivity index (χ4n) is 1.88. The molecular formula is C13H21N7O. The predicted octanol–water partition coefficient (Wildman–Crippen LogP) is 1.52. The molecule has 0 saturated heterocycles. The molecule has 2 aromatic rings. The van der Waals surface area contributed by atoms with Crippen LogP contribution in [0.5, 0.6) is 0 Å². The van der Waals surface area contributed by atoms with Crippen LogP contribution in [-0.4, -0.2) is 33.0 Å². The summed E-state index contributed by atoms with van der Waals surface area (Å²) in [7, 11) is 0. The van der Waals surface area contributed by atoms with Crippen molar-refractivity contribution in [3.8, 4) is 0 Å². The second-order valence-electron chi connectivity index (χ2n) is 4.59. The highest BCUT2D eigenvalue weighted by molar-refractivity contribution is 5.41. The minimum atomic E-state index is 0.189. The summed E-state index contributed by atoms with van der Waals surface area (Å²) in [4.78, 5) is 18.9. The number of nitrogens with one attached hydrogen (secondary N) is 1. The molecule has 0 aliphatic rings. The van der Waals surface area contributed by atoms with Crippen LogP contribution < -0.4 is 16.0 Å². The third-order valence-corrected chi connectivity index (χ3v) is 3.16. The summed E-state index contributed by atoms with van der Waals surface area (Å²) in [6.07, 6.45) is 0. The van der Waals surface area contributed by atoms with E-state index in [4.69, 9.17) is 10.2 Å². The number of aromatic nitrogens is 4. The smallest absolute Gasteiger partial charge is 0.231 e. The number of aryl methyl sites for hydroxylation is 2. The van der Waals surface area contributed by atoms with E-state index in [2.05, 4.69) is 25.3 Å². The second-order valence-corrected chi connectivity index (χ2v) is 4.59. The molecule has 0 aliphatic carbocycles. The first-order valence-corrected chi connectivity index (χ1v) is 6.96. The van der Waals surface area contributed by atoms with Crippen molar-refractivity contribution in [2.45, 2.75) is 34.2 Å². The summed E-state index contributed by atoms with van der Waals surface area (Å²) >= 11 is 0. The van der Waals surface area contributed by atoms with Gasteiger partial charge in [0.1, 0.15) is 5.76 Å². The normalized spacial score (nSPS) is 10.7. The number of nitrogen functional groups attached to an aromatic ring is 1. The van der Waals surface area contributed by atoms with Crippen LogP contribution in [-0.2, 0) is 6.54 Å². The Kier molecular flexibility index (Phi) is 4.56. The highest BCUT2D eigenvalue weighted by Crippen LogP contribution is 2.13. The van der Waals surface area contributed by atoms with Crippen LogP contribution in [0.3, 0.4) is 0 Å². The molecule has 0 bridgehead atoms. The van der Waals surface area contributed by atoms with E-state index >= 15 is 0 Å².